The SMILES string of the molecule is CS(=O)(=O)N1CC2CCN(C(=O)c3cn[nH]c3-c3ccc(F)cc3)CC2(CO)C1. The molecule has 29 heavy (non-hydrogen) atoms. The van der Waals surface area contributed by atoms with Gasteiger partial charge in [-0.1, -0.05) is 0 Å². The van der Waals surface area contributed by atoms with Gasteiger partial charge in [-0.05, 0) is 36.6 Å². The molecule has 0 spiro atoms. The molecule has 0 saturated carbocycles. The van der Waals surface area contributed by atoms with Gasteiger partial charge in [-0.2, -0.15) is 5.10 Å². The number of carbonyl (C=O) groups is 1. The van der Waals surface area contributed by atoms with E-state index in [-0.39, 0.29) is 37.3 Å². The van der Waals surface area contributed by atoms with Crippen LogP contribution in [0.5, 0.6) is 0 Å². The van der Waals surface area contributed by atoms with Crippen LogP contribution in [0.1, 0.15) is 16.8 Å². The number of nitrogens with zero attached hydrogens (tertiary/aromatic N) is 3. The number of H-pyrrole nitrogens is 1. The molecule has 1 aromatic heterocycles. The fourth-order valence-corrected chi connectivity index (χ4v) is 5.38. The van der Waals surface area contributed by atoms with E-state index in [1.807, 2.05) is 0 Å². The summed E-state index contributed by atoms with van der Waals surface area (Å²) in [5, 5.41) is 16.9. The van der Waals surface area contributed by atoms with Crippen LogP contribution in [0.4, 0.5) is 4.39 Å². The lowest BCUT2D eigenvalue weighted by Gasteiger charge is -2.43. The highest BCUT2D eigenvalue weighted by molar-refractivity contribution is 7.88. The van der Waals surface area contributed by atoms with Crippen LogP contribution in [0.2, 0.25) is 0 Å². The molecule has 2 fully saturated rings. The number of likely N-dealkylation sites (tertiary alicyclic amines) is 1. The molecule has 0 aliphatic carbocycles. The molecule has 0 radical (unpaired) electrons. The van der Waals surface area contributed by atoms with Gasteiger partial charge in [0.25, 0.3) is 5.91 Å². The third-order valence-corrected chi connectivity index (χ3v) is 7.32. The zero-order valence-corrected chi connectivity index (χ0v) is 16.8. The van der Waals surface area contributed by atoms with Crippen LogP contribution in [-0.2, 0) is 10.0 Å². The Hall–Kier alpha value is -2.30. The maximum absolute atomic E-state index is 13.2. The van der Waals surface area contributed by atoms with Gasteiger partial charge in [0.05, 0.1) is 30.3 Å². The minimum absolute atomic E-state index is 0.00666. The Kier molecular flexibility index (Phi) is 4.96. The van der Waals surface area contributed by atoms with Crippen molar-refractivity contribution in [2.75, 3.05) is 39.0 Å². The van der Waals surface area contributed by atoms with Crippen molar-refractivity contribution in [2.24, 2.45) is 11.3 Å². The summed E-state index contributed by atoms with van der Waals surface area (Å²) in [6.45, 7) is 1.12. The van der Waals surface area contributed by atoms with Gasteiger partial charge in [0.1, 0.15) is 5.82 Å². The molecule has 2 aliphatic rings. The highest BCUT2D eigenvalue weighted by Gasteiger charge is 2.52. The van der Waals surface area contributed by atoms with E-state index in [1.165, 1.54) is 28.9 Å². The first-order valence-corrected chi connectivity index (χ1v) is 11.2. The molecule has 8 nitrogen and oxygen atoms in total. The number of sulfonamides is 1. The quantitative estimate of drug-likeness (QED) is 0.763. The summed E-state index contributed by atoms with van der Waals surface area (Å²) in [4.78, 5) is 14.9. The summed E-state index contributed by atoms with van der Waals surface area (Å²) < 4.78 is 38.6. The average Bonchev–Trinajstić information content (AvgIpc) is 3.32. The Morgan fingerprint density at radius 2 is 2.07 bits per heavy atom. The van der Waals surface area contributed by atoms with Crippen LogP contribution in [0.25, 0.3) is 11.3 Å². The Morgan fingerprint density at radius 1 is 1.34 bits per heavy atom. The van der Waals surface area contributed by atoms with Crippen LogP contribution in [0.15, 0.2) is 30.5 Å². The summed E-state index contributed by atoms with van der Waals surface area (Å²) in [6, 6.07) is 5.77. The lowest BCUT2D eigenvalue weighted by molar-refractivity contribution is 0.0130. The van der Waals surface area contributed by atoms with E-state index in [0.29, 0.717) is 36.3 Å². The minimum Gasteiger partial charge on any atom is -0.396 e. The Bertz CT molecular complexity index is 1020. The van der Waals surface area contributed by atoms with Crippen LogP contribution >= 0.6 is 0 Å². The number of carbonyl (C=O) groups excluding carboxylic acids is 1. The Morgan fingerprint density at radius 3 is 2.72 bits per heavy atom. The molecule has 2 saturated heterocycles. The number of amides is 1. The third kappa shape index (κ3) is 3.56. The summed E-state index contributed by atoms with van der Waals surface area (Å²) in [6.07, 6.45) is 3.22. The van der Waals surface area contributed by atoms with Crippen molar-refractivity contribution in [3.63, 3.8) is 0 Å². The lowest BCUT2D eigenvalue weighted by Crippen LogP contribution is -2.52. The van der Waals surface area contributed by atoms with Gasteiger partial charge in [-0.15, -0.1) is 0 Å². The van der Waals surface area contributed by atoms with Crippen molar-refractivity contribution in [1.29, 1.82) is 0 Å². The van der Waals surface area contributed by atoms with E-state index in [1.54, 1.807) is 17.0 Å². The second-order valence-electron chi connectivity index (χ2n) is 7.95. The molecule has 0 bridgehead atoms. The molecule has 10 heteroatoms. The number of piperidine rings is 1. The molecule has 2 aliphatic heterocycles. The number of hydrogen-bond donors (Lipinski definition) is 2. The minimum atomic E-state index is -3.36. The Balaban J connectivity index is 1.59. The number of hydrogen-bond acceptors (Lipinski definition) is 5. The van der Waals surface area contributed by atoms with Gasteiger partial charge in [0, 0.05) is 37.2 Å². The van der Waals surface area contributed by atoms with Crippen molar-refractivity contribution < 1.29 is 22.7 Å². The normalized spacial score (nSPS) is 25.2. The molecule has 156 valence electrons. The van der Waals surface area contributed by atoms with Gasteiger partial charge in [0.2, 0.25) is 10.0 Å². The van der Waals surface area contributed by atoms with Crippen molar-refractivity contribution in [3.8, 4) is 11.3 Å². The predicted molar refractivity (Wildman–Crippen MR) is 104 cm³/mol. The van der Waals surface area contributed by atoms with E-state index in [0.717, 1.165) is 0 Å². The zero-order valence-electron chi connectivity index (χ0n) is 16.0. The first kappa shape index (κ1) is 20.0. The maximum atomic E-state index is 13.2. The molecule has 2 aromatic rings. The maximum Gasteiger partial charge on any atom is 0.257 e. The molecule has 1 amide bonds. The molecular formula is C19H23FN4O4S. The van der Waals surface area contributed by atoms with Crippen LogP contribution in [-0.4, -0.2) is 77.9 Å². The molecule has 1 aromatic carbocycles. The van der Waals surface area contributed by atoms with Crippen LogP contribution < -0.4 is 0 Å². The summed E-state index contributed by atoms with van der Waals surface area (Å²) >= 11 is 0. The molecule has 3 heterocycles. The van der Waals surface area contributed by atoms with Crippen molar-refractivity contribution >= 4 is 15.9 Å². The first-order valence-electron chi connectivity index (χ1n) is 9.38. The van der Waals surface area contributed by atoms with Crippen molar-refractivity contribution in [3.05, 3.63) is 41.8 Å². The predicted octanol–water partition coefficient (Wildman–Crippen LogP) is 0.932. The van der Waals surface area contributed by atoms with Crippen molar-refractivity contribution in [1.82, 2.24) is 19.4 Å². The van der Waals surface area contributed by atoms with Gasteiger partial charge in [-0.3, -0.25) is 9.89 Å². The number of benzene rings is 1. The zero-order chi connectivity index (χ0) is 20.8. The molecular weight excluding hydrogens is 399 g/mol. The van der Waals surface area contributed by atoms with E-state index in [2.05, 4.69) is 10.2 Å². The van der Waals surface area contributed by atoms with Crippen LogP contribution in [0.3, 0.4) is 0 Å². The van der Waals surface area contributed by atoms with E-state index < -0.39 is 15.4 Å². The van der Waals surface area contributed by atoms with E-state index in [9.17, 15) is 22.7 Å². The second kappa shape index (κ2) is 7.19. The number of rotatable bonds is 4. The smallest absolute Gasteiger partial charge is 0.257 e. The third-order valence-electron chi connectivity index (χ3n) is 6.11. The van der Waals surface area contributed by atoms with Gasteiger partial charge >= 0.3 is 0 Å². The van der Waals surface area contributed by atoms with Crippen molar-refractivity contribution in [2.45, 2.75) is 6.42 Å². The highest BCUT2D eigenvalue weighted by atomic mass is 32.2. The summed E-state index contributed by atoms with van der Waals surface area (Å²) in [5.41, 5.74) is 0.833. The number of halogens is 1. The van der Waals surface area contributed by atoms with Gasteiger partial charge in [-0.25, -0.2) is 17.1 Å². The Labute approximate surface area is 168 Å². The topological polar surface area (TPSA) is 107 Å². The number of aliphatic hydroxyl groups is 1. The largest absolute Gasteiger partial charge is 0.396 e. The first-order chi connectivity index (χ1) is 13.7. The molecule has 4 rings (SSSR count). The van der Waals surface area contributed by atoms with Gasteiger partial charge < -0.3 is 10.0 Å². The van der Waals surface area contributed by atoms with Gasteiger partial charge in [0.15, 0.2) is 0 Å². The number of aliphatic hydroxyl groups excluding tert-OH is 1. The fourth-order valence-electron chi connectivity index (χ4n) is 4.44. The molecule has 2 atom stereocenters. The average molecular weight is 422 g/mol. The fraction of sp³-hybridized carbons (Fsp3) is 0.474. The summed E-state index contributed by atoms with van der Waals surface area (Å²) in [5.74, 6) is -0.612. The number of nitrogens with one attached hydrogen (secondary N) is 1. The van der Waals surface area contributed by atoms with E-state index >= 15 is 0 Å². The molecule has 2 unspecified atom stereocenters. The van der Waals surface area contributed by atoms with Crippen LogP contribution in [0, 0.1) is 17.2 Å². The number of aromatic amines is 1. The number of fused-ring (bicyclic) bond motifs is 1. The highest BCUT2D eigenvalue weighted by Crippen LogP contribution is 2.43. The lowest BCUT2D eigenvalue weighted by atomic mass is 9.74. The van der Waals surface area contributed by atoms with E-state index in [4.69, 9.17) is 0 Å². The summed E-state index contributed by atoms with van der Waals surface area (Å²) in [7, 11) is -3.36. The number of aromatic nitrogens is 2. The second-order valence-corrected chi connectivity index (χ2v) is 9.94. The standard InChI is InChI=1S/C19H23FN4O4S/c1-29(27,28)24-9-14-6-7-23(10-19(14,11-24)12-25)18(26)16-8-21-22-17(16)13-2-4-15(20)5-3-13/h2-5,8,14,25H,6-7,9-12H2,1H3,(H,21,22). The molecule has 2 N–H and O–H groups in total. The monoisotopic (exact) mass is 422 g/mol.